The van der Waals surface area contributed by atoms with Crippen molar-refractivity contribution in [2.75, 3.05) is 25.3 Å². The Morgan fingerprint density at radius 2 is 1.78 bits per heavy atom. The Hall–Kier alpha value is -3.90. The lowest BCUT2D eigenvalue weighted by molar-refractivity contribution is -0.113. The summed E-state index contributed by atoms with van der Waals surface area (Å²) >= 11 is 6.90. The zero-order chi connectivity index (χ0) is 26.9. The molecule has 1 N–H and O–H groups in total. The number of esters is 2. The van der Waals surface area contributed by atoms with Crippen LogP contribution in [0, 0.1) is 5.82 Å². The predicted molar refractivity (Wildman–Crippen MR) is 134 cm³/mol. The first-order chi connectivity index (χ1) is 17.7. The molecule has 0 saturated carbocycles. The number of methoxy groups -OCH3 is 2. The van der Waals surface area contributed by atoms with Crippen LogP contribution < -0.4 is 10.1 Å². The third kappa shape index (κ3) is 7.30. The van der Waals surface area contributed by atoms with Gasteiger partial charge in [-0.3, -0.25) is 9.36 Å². The molecule has 0 radical (unpaired) electrons. The zero-order valence-electron chi connectivity index (χ0n) is 19.8. The number of rotatable bonds is 11. The maximum atomic E-state index is 13.4. The van der Waals surface area contributed by atoms with Gasteiger partial charge < -0.3 is 19.5 Å². The minimum absolute atomic E-state index is 0.0200. The van der Waals surface area contributed by atoms with Crippen molar-refractivity contribution in [2.45, 2.75) is 18.3 Å². The van der Waals surface area contributed by atoms with Gasteiger partial charge in [0.05, 0.1) is 36.1 Å². The second-order valence-corrected chi connectivity index (χ2v) is 8.63. The van der Waals surface area contributed by atoms with Crippen LogP contribution in [0.5, 0.6) is 5.75 Å². The van der Waals surface area contributed by atoms with Crippen molar-refractivity contribution in [3.8, 4) is 5.75 Å². The molecule has 1 heterocycles. The van der Waals surface area contributed by atoms with E-state index in [1.807, 2.05) is 0 Å². The second kappa shape index (κ2) is 12.9. The lowest BCUT2D eigenvalue weighted by Gasteiger charge is -2.11. The Bertz CT molecular complexity index is 1300. The van der Waals surface area contributed by atoms with Crippen LogP contribution in [0.4, 0.5) is 10.1 Å². The van der Waals surface area contributed by atoms with E-state index in [2.05, 4.69) is 22.1 Å². The zero-order valence-corrected chi connectivity index (χ0v) is 21.4. The number of anilines is 1. The van der Waals surface area contributed by atoms with E-state index in [9.17, 15) is 18.8 Å². The standard InChI is InChI=1S/C24H22ClFN4O6S/c1-4-7-30-20(12-36-17-5-6-19(26)18(25)11-17)28-29-24(30)37-13-21(31)27-16-9-14(22(32)34-2)8-15(10-16)23(33)35-3/h4-6,8-11H,1,7,12-13H2,2-3H3,(H,27,31). The van der Waals surface area contributed by atoms with Crippen LogP contribution in [-0.2, 0) is 27.4 Å². The van der Waals surface area contributed by atoms with Crippen molar-refractivity contribution in [1.82, 2.24) is 14.8 Å². The van der Waals surface area contributed by atoms with Crippen molar-refractivity contribution in [3.63, 3.8) is 0 Å². The number of ether oxygens (including phenoxy) is 3. The van der Waals surface area contributed by atoms with Crippen molar-refractivity contribution < 1.29 is 33.0 Å². The lowest BCUT2D eigenvalue weighted by Crippen LogP contribution is -2.16. The number of thioether (sulfide) groups is 1. The van der Waals surface area contributed by atoms with E-state index in [0.29, 0.717) is 23.3 Å². The first-order valence-electron chi connectivity index (χ1n) is 10.6. The van der Waals surface area contributed by atoms with Crippen molar-refractivity contribution in [3.05, 3.63) is 76.8 Å². The number of hydrogen-bond donors (Lipinski definition) is 1. The Morgan fingerprint density at radius 3 is 2.38 bits per heavy atom. The molecule has 1 aromatic heterocycles. The van der Waals surface area contributed by atoms with Gasteiger partial charge in [0.2, 0.25) is 5.91 Å². The highest BCUT2D eigenvalue weighted by Gasteiger charge is 2.17. The van der Waals surface area contributed by atoms with Gasteiger partial charge in [0.25, 0.3) is 0 Å². The summed E-state index contributed by atoms with van der Waals surface area (Å²) in [5.74, 6) is -1.57. The molecular weight excluding hydrogens is 527 g/mol. The molecule has 0 aliphatic heterocycles. The van der Waals surface area contributed by atoms with E-state index in [4.69, 9.17) is 25.8 Å². The molecule has 0 spiro atoms. The van der Waals surface area contributed by atoms with Crippen LogP contribution in [0.25, 0.3) is 0 Å². The molecule has 0 saturated heterocycles. The molecule has 3 aromatic rings. The number of amides is 1. The maximum absolute atomic E-state index is 13.4. The SMILES string of the molecule is C=CCn1c(COc2ccc(F)c(Cl)c2)nnc1SCC(=O)Nc1cc(C(=O)OC)cc(C(=O)OC)c1. The summed E-state index contributed by atoms with van der Waals surface area (Å²) in [6.07, 6.45) is 1.64. The topological polar surface area (TPSA) is 122 Å². The lowest BCUT2D eigenvalue weighted by atomic mass is 10.1. The average molecular weight is 549 g/mol. The van der Waals surface area contributed by atoms with Gasteiger partial charge in [-0.2, -0.15) is 0 Å². The van der Waals surface area contributed by atoms with E-state index in [1.54, 1.807) is 10.6 Å². The van der Waals surface area contributed by atoms with Gasteiger partial charge in [-0.05, 0) is 30.3 Å². The summed E-state index contributed by atoms with van der Waals surface area (Å²) < 4.78 is 30.1. The molecule has 0 atom stereocenters. The third-order valence-corrected chi connectivity index (χ3v) is 6.01. The van der Waals surface area contributed by atoms with E-state index in [-0.39, 0.29) is 34.2 Å². The Labute approximate surface area is 220 Å². The Balaban J connectivity index is 1.68. The molecule has 13 heteroatoms. The molecule has 1 amide bonds. The maximum Gasteiger partial charge on any atom is 0.337 e. The van der Waals surface area contributed by atoms with Gasteiger partial charge in [0.1, 0.15) is 18.2 Å². The van der Waals surface area contributed by atoms with Crippen LogP contribution in [0.1, 0.15) is 26.5 Å². The van der Waals surface area contributed by atoms with Gasteiger partial charge in [-0.1, -0.05) is 29.4 Å². The first kappa shape index (κ1) is 27.7. The van der Waals surface area contributed by atoms with Crippen LogP contribution in [0.15, 0.2) is 54.2 Å². The highest BCUT2D eigenvalue weighted by atomic mass is 35.5. The number of nitrogens with one attached hydrogen (secondary N) is 1. The molecule has 0 fully saturated rings. The second-order valence-electron chi connectivity index (χ2n) is 7.28. The molecular formula is C24H22ClFN4O6S. The van der Waals surface area contributed by atoms with Gasteiger partial charge in [-0.25, -0.2) is 14.0 Å². The average Bonchev–Trinajstić information content (AvgIpc) is 3.28. The quantitative estimate of drug-likeness (QED) is 0.214. The predicted octanol–water partition coefficient (Wildman–Crippen LogP) is 4.14. The molecule has 0 aliphatic rings. The number of benzene rings is 2. The smallest absolute Gasteiger partial charge is 0.337 e. The summed E-state index contributed by atoms with van der Waals surface area (Å²) in [6, 6.07) is 8.07. The number of carbonyl (C=O) groups is 3. The molecule has 2 aromatic carbocycles. The van der Waals surface area contributed by atoms with Crippen LogP contribution in [0.3, 0.4) is 0 Å². The summed E-state index contributed by atoms with van der Waals surface area (Å²) in [6.45, 7) is 4.10. The van der Waals surface area contributed by atoms with Gasteiger partial charge in [0, 0.05) is 18.3 Å². The van der Waals surface area contributed by atoms with Gasteiger partial charge in [0.15, 0.2) is 11.0 Å². The Morgan fingerprint density at radius 1 is 1.11 bits per heavy atom. The number of hydrogen-bond acceptors (Lipinski definition) is 9. The van der Waals surface area contributed by atoms with E-state index >= 15 is 0 Å². The Kier molecular flexibility index (Phi) is 9.64. The molecule has 0 aliphatic carbocycles. The minimum atomic E-state index is -0.675. The highest BCUT2D eigenvalue weighted by molar-refractivity contribution is 7.99. The third-order valence-electron chi connectivity index (χ3n) is 4.76. The number of aromatic nitrogens is 3. The number of carbonyl (C=O) groups excluding carboxylic acids is 3. The highest BCUT2D eigenvalue weighted by Crippen LogP contribution is 2.23. The van der Waals surface area contributed by atoms with E-state index in [1.165, 1.54) is 50.6 Å². The monoisotopic (exact) mass is 548 g/mol. The summed E-state index contributed by atoms with van der Waals surface area (Å²) in [5, 5.41) is 11.2. The van der Waals surface area contributed by atoms with E-state index < -0.39 is 23.7 Å². The molecule has 37 heavy (non-hydrogen) atoms. The number of halogens is 2. The fourth-order valence-electron chi connectivity index (χ4n) is 3.06. The fourth-order valence-corrected chi connectivity index (χ4v) is 4.00. The van der Waals surface area contributed by atoms with Gasteiger partial charge in [-0.15, -0.1) is 16.8 Å². The van der Waals surface area contributed by atoms with Crippen LogP contribution in [-0.4, -0.2) is 52.6 Å². The number of nitrogens with zero attached hydrogens (tertiary/aromatic N) is 3. The molecule has 194 valence electrons. The summed E-state index contributed by atoms with van der Waals surface area (Å²) in [4.78, 5) is 36.5. The number of allylic oxidation sites excluding steroid dienone is 1. The van der Waals surface area contributed by atoms with Crippen molar-refractivity contribution >= 4 is 46.9 Å². The molecule has 0 bridgehead atoms. The largest absolute Gasteiger partial charge is 0.486 e. The van der Waals surface area contributed by atoms with Crippen LogP contribution >= 0.6 is 23.4 Å². The summed E-state index contributed by atoms with van der Waals surface area (Å²) in [7, 11) is 2.41. The van der Waals surface area contributed by atoms with E-state index in [0.717, 1.165) is 11.8 Å². The van der Waals surface area contributed by atoms with Gasteiger partial charge >= 0.3 is 11.9 Å². The van der Waals surface area contributed by atoms with Crippen molar-refractivity contribution in [1.29, 1.82) is 0 Å². The molecule has 10 nitrogen and oxygen atoms in total. The molecule has 3 rings (SSSR count). The normalized spacial score (nSPS) is 10.5. The molecule has 0 unspecified atom stereocenters. The minimum Gasteiger partial charge on any atom is -0.486 e. The summed E-state index contributed by atoms with van der Waals surface area (Å²) in [5.41, 5.74) is 0.367. The fraction of sp³-hybridized carbons (Fsp3) is 0.208. The van der Waals surface area contributed by atoms with Crippen LogP contribution in [0.2, 0.25) is 5.02 Å². The van der Waals surface area contributed by atoms with Crippen molar-refractivity contribution in [2.24, 2.45) is 0 Å². The first-order valence-corrected chi connectivity index (χ1v) is 12.0.